The predicted octanol–water partition coefficient (Wildman–Crippen LogP) is 0.208. The fourth-order valence-corrected chi connectivity index (χ4v) is 2.62. The Morgan fingerprint density at radius 1 is 1.58 bits per heavy atom. The van der Waals surface area contributed by atoms with Gasteiger partial charge in [-0.3, -0.25) is 9.59 Å². The average Bonchev–Trinajstić information content (AvgIpc) is 2.86. The summed E-state index contributed by atoms with van der Waals surface area (Å²) in [6.45, 7) is 2.50. The molecule has 4 N–H and O–H groups in total. The van der Waals surface area contributed by atoms with E-state index in [9.17, 15) is 13.8 Å². The van der Waals surface area contributed by atoms with Gasteiger partial charge in [-0.25, -0.2) is 0 Å². The molecule has 1 aliphatic heterocycles. The molecule has 0 spiro atoms. The zero-order valence-corrected chi connectivity index (χ0v) is 11.9. The number of thioether (sulfide) groups is 1. The van der Waals surface area contributed by atoms with E-state index < -0.39 is 21.9 Å². The van der Waals surface area contributed by atoms with Crippen LogP contribution in [0.5, 0.6) is 0 Å². The quantitative estimate of drug-likeness (QED) is 0.291. The van der Waals surface area contributed by atoms with E-state index in [2.05, 4.69) is 4.74 Å². The number of hydrogen-bond acceptors (Lipinski definition) is 7. The molecule has 0 aromatic heterocycles. The number of ether oxygens (including phenoxy) is 1. The molecule has 1 aliphatic rings. The Kier molecular flexibility index (Phi) is 9.31. The van der Waals surface area contributed by atoms with Crippen LogP contribution in [0.3, 0.4) is 0 Å². The maximum absolute atomic E-state index is 10.5. The molecular weight excluding hydrogens is 294 g/mol. The summed E-state index contributed by atoms with van der Waals surface area (Å²) < 4.78 is 23.6. The van der Waals surface area contributed by atoms with E-state index in [1.165, 1.54) is 11.5 Å². The Bertz CT molecular complexity index is 428. The average molecular weight is 310 g/mol. The number of aliphatic carboxylic acids is 1. The second kappa shape index (κ2) is 9.84. The SMILES string of the molecule is CCC(=O)OCCN.O=C(O)C1SC=CC1=[S-](=O)O. The Morgan fingerprint density at radius 3 is 2.58 bits per heavy atom. The molecule has 0 amide bonds. The zero-order chi connectivity index (χ0) is 14.8. The highest BCUT2D eigenvalue weighted by molar-refractivity contribution is 8.05. The Hall–Kier alpha value is -1.03. The summed E-state index contributed by atoms with van der Waals surface area (Å²) in [4.78, 5) is 20.7. The lowest BCUT2D eigenvalue weighted by molar-refractivity contribution is -0.143. The van der Waals surface area contributed by atoms with Crippen molar-refractivity contribution in [2.75, 3.05) is 13.2 Å². The number of hydrogen-bond donors (Lipinski definition) is 3. The van der Waals surface area contributed by atoms with Gasteiger partial charge < -0.3 is 24.3 Å². The van der Waals surface area contributed by atoms with Gasteiger partial charge in [-0.05, 0) is 5.41 Å². The molecule has 9 heteroatoms. The van der Waals surface area contributed by atoms with E-state index in [0.29, 0.717) is 19.6 Å². The summed E-state index contributed by atoms with van der Waals surface area (Å²) in [5, 5.41) is 9.12. The van der Waals surface area contributed by atoms with Crippen molar-refractivity contribution >= 4 is 39.2 Å². The molecule has 1 atom stereocenters. The number of carbonyl (C=O) groups is 2. The molecule has 1 heterocycles. The minimum absolute atomic E-state index is 0.0440. The van der Waals surface area contributed by atoms with E-state index in [-0.39, 0.29) is 10.8 Å². The largest absolute Gasteiger partial charge is 0.480 e. The van der Waals surface area contributed by atoms with E-state index in [1.807, 2.05) is 0 Å². The number of rotatable bonds is 4. The summed E-state index contributed by atoms with van der Waals surface area (Å²) in [7, 11) is -2.16. The van der Waals surface area contributed by atoms with Crippen molar-refractivity contribution in [2.24, 2.45) is 5.73 Å². The number of carboxylic acid groups (broad SMARTS) is 1. The Labute approximate surface area is 117 Å². The van der Waals surface area contributed by atoms with Crippen LogP contribution in [0, 0.1) is 0 Å². The topological polar surface area (TPSA) is 127 Å². The summed E-state index contributed by atoms with van der Waals surface area (Å²) in [6.07, 6.45) is 1.79. The molecule has 19 heavy (non-hydrogen) atoms. The second-order valence-electron chi connectivity index (χ2n) is 3.17. The lowest BCUT2D eigenvalue weighted by Crippen LogP contribution is -2.23. The number of carboxylic acids is 1. The van der Waals surface area contributed by atoms with Gasteiger partial charge in [0.05, 0.1) is 0 Å². The predicted molar refractivity (Wildman–Crippen MR) is 74.1 cm³/mol. The smallest absolute Gasteiger partial charge is 0.319 e. The van der Waals surface area contributed by atoms with Gasteiger partial charge in [-0.2, -0.15) is 10.7 Å². The fourth-order valence-electron chi connectivity index (χ4n) is 0.944. The van der Waals surface area contributed by atoms with Crippen LogP contribution in [0.25, 0.3) is 0 Å². The molecule has 0 radical (unpaired) electrons. The van der Waals surface area contributed by atoms with E-state index in [1.54, 1.807) is 6.92 Å². The second-order valence-corrected chi connectivity index (χ2v) is 5.16. The van der Waals surface area contributed by atoms with E-state index >= 15 is 0 Å². The highest BCUT2D eigenvalue weighted by atomic mass is 32.2. The number of carbonyl (C=O) groups excluding carboxylic acids is 1. The fraction of sp³-hybridized carbons (Fsp3) is 0.500. The highest BCUT2D eigenvalue weighted by Gasteiger charge is 2.21. The van der Waals surface area contributed by atoms with Crippen molar-refractivity contribution in [1.29, 1.82) is 0 Å². The third-order valence-electron chi connectivity index (χ3n) is 1.80. The number of esters is 1. The first-order chi connectivity index (χ1) is 8.93. The van der Waals surface area contributed by atoms with Crippen LogP contribution in [0.2, 0.25) is 0 Å². The first-order valence-electron chi connectivity index (χ1n) is 5.32. The van der Waals surface area contributed by atoms with Crippen molar-refractivity contribution in [3.05, 3.63) is 11.5 Å². The van der Waals surface area contributed by atoms with Gasteiger partial charge in [0.15, 0.2) is 0 Å². The van der Waals surface area contributed by atoms with Crippen molar-refractivity contribution in [3.63, 3.8) is 0 Å². The van der Waals surface area contributed by atoms with Crippen LogP contribution >= 0.6 is 11.8 Å². The maximum Gasteiger partial charge on any atom is 0.319 e. The monoisotopic (exact) mass is 310 g/mol. The minimum atomic E-state index is -2.16. The van der Waals surface area contributed by atoms with Gasteiger partial charge in [0.2, 0.25) is 0 Å². The van der Waals surface area contributed by atoms with E-state index in [0.717, 1.165) is 11.8 Å². The number of nitrogens with two attached hydrogens (primary N) is 1. The zero-order valence-electron chi connectivity index (χ0n) is 10.3. The van der Waals surface area contributed by atoms with Crippen molar-refractivity contribution in [2.45, 2.75) is 18.6 Å². The molecule has 1 unspecified atom stereocenters. The molecule has 0 aliphatic carbocycles. The first-order valence-corrected chi connectivity index (χ1v) is 7.37. The van der Waals surface area contributed by atoms with Crippen LogP contribution < -0.4 is 5.73 Å². The van der Waals surface area contributed by atoms with Crippen LogP contribution in [-0.2, 0) is 29.2 Å². The Morgan fingerprint density at radius 2 is 2.21 bits per heavy atom. The molecule has 0 saturated heterocycles. The van der Waals surface area contributed by atoms with Gasteiger partial charge in [0, 0.05) is 13.0 Å². The lowest BCUT2D eigenvalue weighted by atomic mass is 10.3. The lowest BCUT2D eigenvalue weighted by Gasteiger charge is -2.08. The van der Waals surface area contributed by atoms with Gasteiger partial charge >= 0.3 is 11.9 Å². The first kappa shape index (κ1) is 18.0. The molecule has 0 bridgehead atoms. The van der Waals surface area contributed by atoms with E-state index in [4.69, 9.17) is 15.4 Å². The summed E-state index contributed by atoms with van der Waals surface area (Å²) in [5.41, 5.74) is 5.05. The van der Waals surface area contributed by atoms with Gasteiger partial charge in [-0.1, -0.05) is 17.9 Å². The van der Waals surface area contributed by atoms with Crippen molar-refractivity contribution in [3.8, 4) is 0 Å². The Balaban J connectivity index is 0.000000362. The third-order valence-corrected chi connectivity index (χ3v) is 3.75. The molecule has 1 rings (SSSR count). The minimum Gasteiger partial charge on any atom is -0.480 e. The van der Waals surface area contributed by atoms with Gasteiger partial charge in [0.25, 0.3) is 0 Å². The molecular formula is C10H16NO6S2-. The van der Waals surface area contributed by atoms with Crippen LogP contribution in [-0.4, -0.2) is 44.9 Å². The maximum atomic E-state index is 10.5. The summed E-state index contributed by atoms with van der Waals surface area (Å²) in [5.74, 6) is -1.27. The van der Waals surface area contributed by atoms with Crippen LogP contribution in [0.1, 0.15) is 13.3 Å². The summed E-state index contributed by atoms with van der Waals surface area (Å²) >= 11 is 1.02. The van der Waals surface area contributed by atoms with Crippen molar-refractivity contribution < 1.29 is 28.2 Å². The normalized spacial score (nSPS) is 20.4. The molecule has 7 nitrogen and oxygen atoms in total. The van der Waals surface area contributed by atoms with Gasteiger partial charge in [0.1, 0.15) is 11.9 Å². The molecule has 110 valence electrons. The third kappa shape index (κ3) is 7.21. The molecule has 0 aromatic carbocycles. The van der Waals surface area contributed by atoms with Crippen molar-refractivity contribution in [1.82, 2.24) is 0 Å². The van der Waals surface area contributed by atoms with Crippen LogP contribution in [0.4, 0.5) is 0 Å². The van der Waals surface area contributed by atoms with Crippen LogP contribution in [0.15, 0.2) is 11.5 Å². The van der Waals surface area contributed by atoms with Gasteiger partial charge in [-0.15, -0.1) is 11.8 Å². The number of allylic oxidation sites excluding steroid dienone is 1. The summed E-state index contributed by atoms with van der Waals surface area (Å²) in [6, 6.07) is 0. The molecule has 0 fully saturated rings. The molecule has 0 saturated carbocycles. The standard InChI is InChI=1S/C5H11NO2.C5H5O4S2/c1-2-5(7)8-4-3-6;6-5(7)4-3(11(8)9)1-2-10-4/h2-4,6H2,1H3;1-2,4H,(H,6,7)(H,8,9)/q;-1. The molecule has 0 aromatic rings. The highest BCUT2D eigenvalue weighted by Crippen LogP contribution is 2.21.